The maximum absolute atomic E-state index is 13.4. The van der Waals surface area contributed by atoms with E-state index in [0.29, 0.717) is 41.3 Å². The van der Waals surface area contributed by atoms with Gasteiger partial charge in [0.15, 0.2) is 11.5 Å². The van der Waals surface area contributed by atoms with E-state index in [2.05, 4.69) is 10.3 Å². The molecule has 148 valence electrons. The number of ether oxygens (including phenoxy) is 3. The van der Waals surface area contributed by atoms with Crippen molar-refractivity contribution in [3.63, 3.8) is 0 Å². The predicted octanol–water partition coefficient (Wildman–Crippen LogP) is 2.71. The molecule has 1 N–H and O–H groups in total. The fraction of sp³-hybridized carbons (Fsp3) is 0.300. The third-order valence-electron chi connectivity index (χ3n) is 4.52. The lowest BCUT2D eigenvalue weighted by molar-refractivity contribution is 0.0950. The first-order valence-corrected chi connectivity index (χ1v) is 8.68. The van der Waals surface area contributed by atoms with Crippen molar-refractivity contribution in [1.29, 1.82) is 0 Å². The zero-order chi connectivity index (χ0) is 20.3. The second kappa shape index (κ2) is 8.16. The van der Waals surface area contributed by atoms with Crippen LogP contribution in [0.4, 0.5) is 4.39 Å². The first kappa shape index (κ1) is 19.5. The van der Waals surface area contributed by atoms with Crippen molar-refractivity contribution in [2.45, 2.75) is 6.42 Å². The summed E-state index contributed by atoms with van der Waals surface area (Å²) in [4.78, 5) is 17.1. The van der Waals surface area contributed by atoms with Crippen LogP contribution in [0.25, 0.3) is 11.0 Å². The molecular formula is C20H22FN3O4. The Hall–Kier alpha value is -3.29. The highest BCUT2D eigenvalue weighted by atomic mass is 19.1. The van der Waals surface area contributed by atoms with Gasteiger partial charge in [0.1, 0.15) is 11.6 Å². The van der Waals surface area contributed by atoms with Gasteiger partial charge in [-0.05, 0) is 24.3 Å². The molecule has 8 heteroatoms. The topological polar surface area (TPSA) is 74.6 Å². The van der Waals surface area contributed by atoms with Gasteiger partial charge in [-0.25, -0.2) is 9.37 Å². The highest BCUT2D eigenvalue weighted by molar-refractivity contribution is 5.98. The van der Waals surface area contributed by atoms with Crippen LogP contribution < -0.4 is 19.5 Å². The molecule has 3 rings (SSSR count). The summed E-state index contributed by atoms with van der Waals surface area (Å²) in [5.74, 6) is 1.25. The molecule has 2 aromatic carbocycles. The lowest BCUT2D eigenvalue weighted by Gasteiger charge is -2.15. The van der Waals surface area contributed by atoms with Crippen LogP contribution in [0.5, 0.6) is 17.2 Å². The Morgan fingerprint density at radius 3 is 2.54 bits per heavy atom. The molecule has 3 aromatic rings. The largest absolute Gasteiger partial charge is 0.493 e. The van der Waals surface area contributed by atoms with E-state index in [-0.39, 0.29) is 11.7 Å². The third kappa shape index (κ3) is 3.58. The molecule has 1 heterocycles. The number of halogens is 1. The summed E-state index contributed by atoms with van der Waals surface area (Å²) in [6.45, 7) is 0.357. The van der Waals surface area contributed by atoms with Crippen LogP contribution in [-0.4, -0.2) is 43.3 Å². The molecule has 0 fully saturated rings. The number of nitrogens with one attached hydrogen (secondary N) is 1. The van der Waals surface area contributed by atoms with Gasteiger partial charge in [0, 0.05) is 26.1 Å². The van der Waals surface area contributed by atoms with Crippen molar-refractivity contribution in [3.8, 4) is 17.2 Å². The number of imidazole rings is 1. The number of amides is 1. The van der Waals surface area contributed by atoms with Crippen LogP contribution in [0.15, 0.2) is 30.3 Å². The molecule has 0 aliphatic rings. The number of nitrogens with zero attached hydrogens (tertiary/aromatic N) is 2. The zero-order valence-corrected chi connectivity index (χ0v) is 16.2. The molecule has 0 bridgehead atoms. The number of aromatic nitrogens is 2. The summed E-state index contributed by atoms with van der Waals surface area (Å²) in [6.07, 6.45) is 0.494. The Kier molecular flexibility index (Phi) is 5.67. The van der Waals surface area contributed by atoms with E-state index in [0.717, 1.165) is 11.3 Å². The van der Waals surface area contributed by atoms with E-state index in [1.807, 2.05) is 11.6 Å². The number of carbonyl (C=O) groups excluding carboxylic acids is 1. The van der Waals surface area contributed by atoms with Crippen molar-refractivity contribution in [2.24, 2.45) is 7.05 Å². The fourth-order valence-electron chi connectivity index (χ4n) is 3.11. The number of hydrogen-bond donors (Lipinski definition) is 1. The Bertz CT molecular complexity index is 1020. The molecular weight excluding hydrogens is 365 g/mol. The van der Waals surface area contributed by atoms with Gasteiger partial charge in [-0.15, -0.1) is 0 Å². The number of rotatable bonds is 7. The number of carbonyl (C=O) groups is 1. The molecule has 28 heavy (non-hydrogen) atoms. The van der Waals surface area contributed by atoms with Gasteiger partial charge in [0.25, 0.3) is 5.91 Å². The lowest BCUT2D eigenvalue weighted by atomic mass is 10.1. The molecule has 0 aliphatic carbocycles. The summed E-state index contributed by atoms with van der Waals surface area (Å²) in [7, 11) is 6.32. The maximum Gasteiger partial charge on any atom is 0.255 e. The quantitative estimate of drug-likeness (QED) is 0.675. The van der Waals surface area contributed by atoms with E-state index < -0.39 is 0 Å². The van der Waals surface area contributed by atoms with Crippen molar-refractivity contribution in [1.82, 2.24) is 14.9 Å². The molecule has 0 saturated heterocycles. The van der Waals surface area contributed by atoms with Gasteiger partial charge in [-0.2, -0.15) is 0 Å². The van der Waals surface area contributed by atoms with Gasteiger partial charge in [0.05, 0.1) is 37.9 Å². The molecule has 1 aromatic heterocycles. The molecule has 0 atom stereocenters. The monoisotopic (exact) mass is 387 g/mol. The standard InChI is InChI=1S/C20H22FN3O4/c1-24-15-7-5-12(21)11-14(15)23-17(24)9-10-22-20(25)13-6-8-16(26-2)19(28-4)18(13)27-3/h5-8,11H,9-10H2,1-4H3,(H,22,25). The van der Waals surface area contributed by atoms with Crippen LogP contribution in [-0.2, 0) is 13.5 Å². The minimum Gasteiger partial charge on any atom is -0.493 e. The van der Waals surface area contributed by atoms with Gasteiger partial charge in [-0.3, -0.25) is 4.79 Å². The van der Waals surface area contributed by atoms with Crippen molar-refractivity contribution >= 4 is 16.9 Å². The number of fused-ring (bicyclic) bond motifs is 1. The minimum absolute atomic E-state index is 0.303. The number of methoxy groups -OCH3 is 3. The van der Waals surface area contributed by atoms with Gasteiger partial charge < -0.3 is 24.1 Å². The average Bonchev–Trinajstić information content (AvgIpc) is 3.01. The fourth-order valence-corrected chi connectivity index (χ4v) is 3.11. The highest BCUT2D eigenvalue weighted by Crippen LogP contribution is 2.39. The molecule has 0 spiro atoms. The van der Waals surface area contributed by atoms with Crippen LogP contribution in [0.1, 0.15) is 16.2 Å². The van der Waals surface area contributed by atoms with E-state index in [4.69, 9.17) is 14.2 Å². The zero-order valence-electron chi connectivity index (χ0n) is 16.2. The summed E-state index contributed by atoms with van der Waals surface area (Å²) >= 11 is 0. The van der Waals surface area contributed by atoms with E-state index in [1.54, 1.807) is 18.2 Å². The Morgan fingerprint density at radius 2 is 1.86 bits per heavy atom. The molecule has 0 saturated carbocycles. The normalized spacial score (nSPS) is 10.8. The Labute approximate surface area is 162 Å². The number of aryl methyl sites for hydroxylation is 1. The van der Waals surface area contributed by atoms with E-state index in [1.165, 1.54) is 33.5 Å². The summed E-state index contributed by atoms with van der Waals surface area (Å²) in [6, 6.07) is 7.75. The molecule has 7 nitrogen and oxygen atoms in total. The first-order valence-electron chi connectivity index (χ1n) is 8.68. The molecule has 1 amide bonds. The second-order valence-corrected chi connectivity index (χ2v) is 6.11. The van der Waals surface area contributed by atoms with Crippen molar-refractivity contribution in [3.05, 3.63) is 47.5 Å². The van der Waals surface area contributed by atoms with Crippen molar-refractivity contribution in [2.75, 3.05) is 27.9 Å². The predicted molar refractivity (Wildman–Crippen MR) is 103 cm³/mol. The summed E-state index contributed by atoms with van der Waals surface area (Å²) < 4.78 is 31.1. The second-order valence-electron chi connectivity index (χ2n) is 6.11. The molecule has 0 unspecified atom stereocenters. The van der Waals surface area contributed by atoms with Gasteiger partial charge in [0.2, 0.25) is 5.75 Å². The minimum atomic E-state index is -0.328. The maximum atomic E-state index is 13.4. The van der Waals surface area contributed by atoms with E-state index >= 15 is 0 Å². The van der Waals surface area contributed by atoms with Crippen LogP contribution >= 0.6 is 0 Å². The smallest absolute Gasteiger partial charge is 0.255 e. The summed E-state index contributed by atoms with van der Waals surface area (Å²) in [5.41, 5.74) is 1.77. The molecule has 0 radical (unpaired) electrons. The SMILES string of the molecule is COc1ccc(C(=O)NCCc2nc3cc(F)ccc3n2C)c(OC)c1OC. The van der Waals surface area contributed by atoms with Gasteiger partial charge in [-0.1, -0.05) is 0 Å². The van der Waals surface area contributed by atoms with E-state index in [9.17, 15) is 9.18 Å². The average molecular weight is 387 g/mol. The number of benzene rings is 2. The highest BCUT2D eigenvalue weighted by Gasteiger charge is 2.20. The van der Waals surface area contributed by atoms with Crippen LogP contribution in [0.3, 0.4) is 0 Å². The van der Waals surface area contributed by atoms with Crippen molar-refractivity contribution < 1.29 is 23.4 Å². The number of hydrogen-bond acceptors (Lipinski definition) is 5. The van der Waals surface area contributed by atoms with Gasteiger partial charge >= 0.3 is 0 Å². The third-order valence-corrected chi connectivity index (χ3v) is 4.52. The Balaban J connectivity index is 1.74. The summed E-state index contributed by atoms with van der Waals surface area (Å²) in [5, 5.41) is 2.85. The van der Waals surface area contributed by atoms with Crippen LogP contribution in [0.2, 0.25) is 0 Å². The Morgan fingerprint density at radius 1 is 1.11 bits per heavy atom. The first-order chi connectivity index (χ1) is 13.5. The van der Waals surface area contributed by atoms with Crippen LogP contribution in [0, 0.1) is 5.82 Å². The molecule has 0 aliphatic heterocycles. The lowest BCUT2D eigenvalue weighted by Crippen LogP contribution is -2.27.